The second-order valence-corrected chi connectivity index (χ2v) is 4.66. The van der Waals surface area contributed by atoms with Crippen molar-refractivity contribution in [3.63, 3.8) is 0 Å². The van der Waals surface area contributed by atoms with Crippen molar-refractivity contribution in [2.45, 2.75) is 32.8 Å². The Kier molecular flexibility index (Phi) is 2.62. The molecule has 86 valence electrons. The van der Waals surface area contributed by atoms with Gasteiger partial charge < -0.3 is 9.64 Å². The third-order valence-electron chi connectivity index (χ3n) is 2.68. The summed E-state index contributed by atoms with van der Waals surface area (Å²) >= 11 is 0. The van der Waals surface area contributed by atoms with E-state index in [1.165, 1.54) is 0 Å². The standard InChI is InChI=1S/C13H17NO2/c1-4-12(15)14-9-13(2,3)16-11-8-6-5-7-10(11)14/h5-8H,4,9H2,1-3H3. The number of fused-ring (bicyclic) bond motifs is 1. The third-order valence-corrected chi connectivity index (χ3v) is 2.68. The van der Waals surface area contributed by atoms with Crippen LogP contribution in [0.3, 0.4) is 0 Å². The minimum atomic E-state index is -0.320. The first kappa shape index (κ1) is 11.0. The summed E-state index contributed by atoms with van der Waals surface area (Å²) in [5.74, 6) is 0.935. The van der Waals surface area contributed by atoms with Crippen molar-refractivity contribution in [1.82, 2.24) is 0 Å². The Bertz CT molecular complexity index is 412. The molecule has 1 aromatic carbocycles. The molecule has 16 heavy (non-hydrogen) atoms. The van der Waals surface area contributed by atoms with Gasteiger partial charge in [0.05, 0.1) is 12.2 Å². The summed E-state index contributed by atoms with van der Waals surface area (Å²) in [6.45, 7) is 6.49. The van der Waals surface area contributed by atoms with E-state index in [4.69, 9.17) is 4.74 Å². The predicted molar refractivity (Wildman–Crippen MR) is 63.8 cm³/mol. The molecule has 1 aromatic rings. The Morgan fingerprint density at radius 2 is 2.12 bits per heavy atom. The van der Waals surface area contributed by atoms with Crippen LogP contribution in [0, 0.1) is 0 Å². The van der Waals surface area contributed by atoms with Crippen molar-refractivity contribution in [1.29, 1.82) is 0 Å². The van der Waals surface area contributed by atoms with Gasteiger partial charge in [-0.2, -0.15) is 0 Å². The van der Waals surface area contributed by atoms with E-state index in [2.05, 4.69) is 0 Å². The number of carbonyl (C=O) groups is 1. The molecule has 0 aromatic heterocycles. The number of rotatable bonds is 1. The topological polar surface area (TPSA) is 29.5 Å². The van der Waals surface area contributed by atoms with E-state index in [0.717, 1.165) is 11.4 Å². The number of anilines is 1. The molecule has 0 radical (unpaired) electrons. The van der Waals surface area contributed by atoms with Crippen molar-refractivity contribution in [2.75, 3.05) is 11.4 Å². The Morgan fingerprint density at radius 1 is 1.44 bits per heavy atom. The van der Waals surface area contributed by atoms with Crippen LogP contribution in [-0.2, 0) is 4.79 Å². The fraction of sp³-hybridized carbons (Fsp3) is 0.462. The lowest BCUT2D eigenvalue weighted by Gasteiger charge is -2.39. The van der Waals surface area contributed by atoms with Gasteiger partial charge in [-0.15, -0.1) is 0 Å². The molecule has 0 aliphatic carbocycles. The minimum Gasteiger partial charge on any atom is -0.484 e. The summed E-state index contributed by atoms with van der Waals surface area (Å²) in [7, 11) is 0. The molecule has 3 heteroatoms. The smallest absolute Gasteiger partial charge is 0.226 e. The number of carbonyl (C=O) groups excluding carboxylic acids is 1. The zero-order valence-corrected chi connectivity index (χ0v) is 9.99. The van der Waals surface area contributed by atoms with E-state index < -0.39 is 0 Å². The van der Waals surface area contributed by atoms with E-state index in [1.807, 2.05) is 49.9 Å². The lowest BCUT2D eigenvalue weighted by atomic mass is 10.0. The molecule has 1 aliphatic heterocycles. The van der Waals surface area contributed by atoms with Crippen molar-refractivity contribution in [2.24, 2.45) is 0 Å². The van der Waals surface area contributed by atoms with Crippen LogP contribution in [0.5, 0.6) is 5.75 Å². The van der Waals surface area contributed by atoms with Crippen molar-refractivity contribution in [3.8, 4) is 5.75 Å². The number of hydrogen-bond donors (Lipinski definition) is 0. The highest BCUT2D eigenvalue weighted by molar-refractivity contribution is 5.95. The molecule has 0 bridgehead atoms. The highest BCUT2D eigenvalue weighted by Crippen LogP contribution is 2.36. The van der Waals surface area contributed by atoms with Gasteiger partial charge in [-0.3, -0.25) is 4.79 Å². The van der Waals surface area contributed by atoms with E-state index >= 15 is 0 Å². The van der Waals surface area contributed by atoms with Gasteiger partial charge in [0.2, 0.25) is 5.91 Å². The average Bonchev–Trinajstić information content (AvgIpc) is 2.25. The first-order valence-corrected chi connectivity index (χ1v) is 5.62. The second kappa shape index (κ2) is 3.81. The molecule has 0 saturated heterocycles. The fourth-order valence-electron chi connectivity index (χ4n) is 1.98. The molecule has 2 rings (SSSR count). The number of para-hydroxylation sites is 2. The number of hydrogen-bond acceptors (Lipinski definition) is 2. The molecule has 0 saturated carbocycles. The normalized spacial score (nSPS) is 17.6. The minimum absolute atomic E-state index is 0.142. The monoisotopic (exact) mass is 219 g/mol. The highest BCUT2D eigenvalue weighted by Gasteiger charge is 2.33. The van der Waals surface area contributed by atoms with E-state index in [9.17, 15) is 4.79 Å². The Hall–Kier alpha value is -1.51. The van der Waals surface area contributed by atoms with Gasteiger partial charge >= 0.3 is 0 Å². The third kappa shape index (κ3) is 1.90. The maximum absolute atomic E-state index is 11.9. The summed E-state index contributed by atoms with van der Waals surface area (Å²) in [6, 6.07) is 7.69. The Morgan fingerprint density at radius 3 is 2.81 bits per heavy atom. The zero-order valence-electron chi connectivity index (χ0n) is 9.99. The van der Waals surface area contributed by atoms with Crippen LogP contribution in [0.1, 0.15) is 27.2 Å². The molecule has 1 heterocycles. The van der Waals surface area contributed by atoms with Gasteiger partial charge in [0.15, 0.2) is 0 Å². The fourth-order valence-corrected chi connectivity index (χ4v) is 1.98. The van der Waals surface area contributed by atoms with Crippen molar-refractivity contribution < 1.29 is 9.53 Å². The summed E-state index contributed by atoms with van der Waals surface area (Å²) in [6.07, 6.45) is 0.518. The van der Waals surface area contributed by atoms with E-state index in [-0.39, 0.29) is 11.5 Å². The molecule has 0 unspecified atom stereocenters. The zero-order chi connectivity index (χ0) is 11.8. The number of amides is 1. The number of ether oxygens (including phenoxy) is 1. The molecule has 0 fully saturated rings. The van der Waals surface area contributed by atoms with Crippen molar-refractivity contribution >= 4 is 11.6 Å². The molecule has 3 nitrogen and oxygen atoms in total. The maximum Gasteiger partial charge on any atom is 0.226 e. The molecule has 1 aliphatic rings. The quantitative estimate of drug-likeness (QED) is 0.726. The van der Waals surface area contributed by atoms with Crippen LogP contribution in [0.2, 0.25) is 0 Å². The molecule has 0 spiro atoms. The Labute approximate surface area is 96.0 Å². The van der Waals surface area contributed by atoms with E-state index in [1.54, 1.807) is 0 Å². The van der Waals surface area contributed by atoms with E-state index in [0.29, 0.717) is 13.0 Å². The van der Waals surface area contributed by atoms with Crippen LogP contribution >= 0.6 is 0 Å². The number of benzene rings is 1. The van der Waals surface area contributed by atoms with Crippen LogP contribution in [0.4, 0.5) is 5.69 Å². The average molecular weight is 219 g/mol. The predicted octanol–water partition coefficient (Wildman–Crippen LogP) is 2.60. The van der Waals surface area contributed by atoms with Crippen LogP contribution in [0.25, 0.3) is 0 Å². The van der Waals surface area contributed by atoms with Gasteiger partial charge in [0, 0.05) is 6.42 Å². The lowest BCUT2D eigenvalue weighted by Crippen LogP contribution is -2.49. The first-order chi connectivity index (χ1) is 7.53. The molecular weight excluding hydrogens is 202 g/mol. The lowest BCUT2D eigenvalue weighted by molar-refractivity contribution is -0.119. The molecule has 1 amide bonds. The molecule has 0 N–H and O–H groups in total. The van der Waals surface area contributed by atoms with Crippen LogP contribution in [0.15, 0.2) is 24.3 Å². The van der Waals surface area contributed by atoms with Crippen molar-refractivity contribution in [3.05, 3.63) is 24.3 Å². The molecule has 0 atom stereocenters. The van der Waals surface area contributed by atoms with Gasteiger partial charge in [0.1, 0.15) is 11.4 Å². The maximum atomic E-state index is 11.9. The SMILES string of the molecule is CCC(=O)N1CC(C)(C)Oc2ccccc21. The van der Waals surface area contributed by atoms with Gasteiger partial charge in [0.25, 0.3) is 0 Å². The van der Waals surface area contributed by atoms with Gasteiger partial charge in [-0.25, -0.2) is 0 Å². The summed E-state index contributed by atoms with van der Waals surface area (Å²) < 4.78 is 5.85. The highest BCUT2D eigenvalue weighted by atomic mass is 16.5. The van der Waals surface area contributed by atoms with Crippen LogP contribution < -0.4 is 9.64 Å². The largest absolute Gasteiger partial charge is 0.484 e. The first-order valence-electron chi connectivity index (χ1n) is 5.62. The summed E-state index contributed by atoms with van der Waals surface area (Å²) in [5.41, 5.74) is 0.563. The summed E-state index contributed by atoms with van der Waals surface area (Å²) in [4.78, 5) is 13.7. The van der Waals surface area contributed by atoms with Crippen LogP contribution in [-0.4, -0.2) is 18.1 Å². The Balaban J connectivity index is 2.43. The van der Waals surface area contributed by atoms with Gasteiger partial charge in [-0.1, -0.05) is 19.1 Å². The second-order valence-electron chi connectivity index (χ2n) is 4.66. The van der Waals surface area contributed by atoms with Gasteiger partial charge in [-0.05, 0) is 26.0 Å². The summed E-state index contributed by atoms with van der Waals surface area (Å²) in [5, 5.41) is 0. The number of nitrogens with zero attached hydrogens (tertiary/aromatic N) is 1. The molecular formula is C13H17NO2.